The van der Waals surface area contributed by atoms with Crippen molar-refractivity contribution in [1.82, 2.24) is 0 Å². The molecule has 3 nitrogen and oxygen atoms in total. The van der Waals surface area contributed by atoms with E-state index in [1.807, 2.05) is 0 Å². The molecule has 0 aromatic heterocycles. The summed E-state index contributed by atoms with van der Waals surface area (Å²) in [4.78, 5) is 0. The number of nitrogens with zero attached hydrogens (tertiary/aromatic N) is 1. The Morgan fingerprint density at radius 1 is 1.46 bits per heavy atom. The van der Waals surface area contributed by atoms with E-state index in [1.165, 1.54) is 13.2 Å². The maximum atomic E-state index is 9.31. The summed E-state index contributed by atoms with van der Waals surface area (Å²) in [6.45, 7) is 0. The third kappa shape index (κ3) is 2.15. The van der Waals surface area contributed by atoms with Crippen molar-refractivity contribution >= 4 is 0 Å². The average Bonchev–Trinajstić information content (AvgIpc) is 2.15. The van der Waals surface area contributed by atoms with E-state index >= 15 is 0 Å². The van der Waals surface area contributed by atoms with Gasteiger partial charge in [-0.1, -0.05) is 5.92 Å². The van der Waals surface area contributed by atoms with Gasteiger partial charge in [0.05, 0.1) is 7.11 Å². The lowest BCUT2D eigenvalue weighted by molar-refractivity contribution is 0.373. The van der Waals surface area contributed by atoms with Crippen LogP contribution in [0.1, 0.15) is 5.56 Å². The van der Waals surface area contributed by atoms with Crippen LogP contribution in [0.4, 0.5) is 0 Å². The first-order chi connectivity index (χ1) is 6.27. The normalized spacial score (nSPS) is 8.00. The topological polar surface area (TPSA) is 53.2 Å². The highest BCUT2D eigenvalue weighted by Gasteiger charge is 1.99. The van der Waals surface area contributed by atoms with Gasteiger partial charge in [-0.2, -0.15) is 5.26 Å². The molecule has 0 heterocycles. The van der Waals surface area contributed by atoms with E-state index in [-0.39, 0.29) is 5.75 Å². The Morgan fingerprint density at radius 2 is 2.23 bits per heavy atom. The highest BCUT2D eigenvalue weighted by molar-refractivity contribution is 5.48. The number of ether oxygens (including phenoxy) is 1. The summed E-state index contributed by atoms with van der Waals surface area (Å²) >= 11 is 0. The molecule has 0 saturated carbocycles. The molecule has 0 atom stereocenters. The number of aromatic hydroxyl groups is 1. The second kappa shape index (κ2) is 4.04. The number of hydrogen-bond acceptors (Lipinski definition) is 3. The smallest absolute Gasteiger partial charge is 0.160 e. The number of benzene rings is 1. The fourth-order valence-electron chi connectivity index (χ4n) is 0.868. The molecule has 0 aliphatic heterocycles. The Labute approximate surface area is 76.2 Å². The van der Waals surface area contributed by atoms with E-state index in [2.05, 4.69) is 11.8 Å². The Morgan fingerprint density at radius 3 is 2.77 bits per heavy atom. The van der Waals surface area contributed by atoms with Gasteiger partial charge in [0.25, 0.3) is 0 Å². The number of rotatable bonds is 1. The zero-order valence-electron chi connectivity index (χ0n) is 7.03. The van der Waals surface area contributed by atoms with Gasteiger partial charge in [-0.25, -0.2) is 0 Å². The fraction of sp³-hybridized carbons (Fsp3) is 0.100. The van der Waals surface area contributed by atoms with Crippen molar-refractivity contribution in [1.29, 1.82) is 5.26 Å². The quantitative estimate of drug-likeness (QED) is 0.651. The van der Waals surface area contributed by atoms with Crippen LogP contribution in [0.2, 0.25) is 0 Å². The highest BCUT2D eigenvalue weighted by Crippen LogP contribution is 2.25. The molecule has 1 N–H and O–H groups in total. The second-order valence-electron chi connectivity index (χ2n) is 2.25. The molecule has 0 bridgehead atoms. The summed E-state index contributed by atoms with van der Waals surface area (Å²) in [5.41, 5.74) is 0.583. The zero-order valence-corrected chi connectivity index (χ0v) is 7.03. The van der Waals surface area contributed by atoms with Crippen molar-refractivity contribution < 1.29 is 9.84 Å². The number of methoxy groups -OCH3 is 1. The number of phenols is 1. The van der Waals surface area contributed by atoms with Gasteiger partial charge in [0.2, 0.25) is 0 Å². The molecule has 64 valence electrons. The third-order valence-electron chi connectivity index (χ3n) is 1.44. The van der Waals surface area contributed by atoms with Crippen LogP contribution in [0.3, 0.4) is 0 Å². The monoisotopic (exact) mass is 173 g/mol. The maximum absolute atomic E-state index is 9.31. The standard InChI is InChI=1S/C10H7NO2/c1-13-10-5-4-8(3-2-6-11)7-9(10)12/h4-5,7,12H,1H3. The first-order valence-corrected chi connectivity index (χ1v) is 3.55. The van der Waals surface area contributed by atoms with Crippen molar-refractivity contribution in [2.75, 3.05) is 7.11 Å². The minimum absolute atomic E-state index is 0.0206. The summed E-state index contributed by atoms with van der Waals surface area (Å²) in [5, 5.41) is 17.5. The number of hydrogen-bond donors (Lipinski definition) is 1. The van der Waals surface area contributed by atoms with Crippen LogP contribution in [-0.2, 0) is 0 Å². The zero-order chi connectivity index (χ0) is 9.68. The van der Waals surface area contributed by atoms with Crippen LogP contribution in [0.15, 0.2) is 18.2 Å². The van der Waals surface area contributed by atoms with Crippen LogP contribution in [-0.4, -0.2) is 12.2 Å². The predicted molar refractivity (Wildman–Crippen MR) is 47.1 cm³/mol. The summed E-state index contributed by atoms with van der Waals surface area (Å²) < 4.78 is 4.84. The first kappa shape index (κ1) is 8.96. The van der Waals surface area contributed by atoms with Crippen LogP contribution >= 0.6 is 0 Å². The molecule has 0 saturated heterocycles. The lowest BCUT2D eigenvalue weighted by atomic mass is 10.2. The molecule has 1 aromatic carbocycles. The van der Waals surface area contributed by atoms with Gasteiger partial charge in [0.15, 0.2) is 17.6 Å². The van der Waals surface area contributed by atoms with E-state index in [4.69, 9.17) is 10.00 Å². The van der Waals surface area contributed by atoms with Crippen LogP contribution < -0.4 is 4.74 Å². The first-order valence-electron chi connectivity index (χ1n) is 3.55. The van der Waals surface area contributed by atoms with E-state index < -0.39 is 0 Å². The van der Waals surface area contributed by atoms with Crippen molar-refractivity contribution in [3.63, 3.8) is 0 Å². The molecule has 0 aliphatic carbocycles. The molecular formula is C10H7NO2. The van der Waals surface area contributed by atoms with Gasteiger partial charge in [-0.15, -0.1) is 0 Å². The van der Waals surface area contributed by atoms with Crippen molar-refractivity contribution in [3.05, 3.63) is 23.8 Å². The van der Waals surface area contributed by atoms with Gasteiger partial charge in [-0.3, -0.25) is 0 Å². The Balaban J connectivity index is 3.04. The van der Waals surface area contributed by atoms with Crippen LogP contribution in [0, 0.1) is 23.2 Å². The van der Waals surface area contributed by atoms with Crippen molar-refractivity contribution in [3.8, 4) is 29.4 Å². The molecule has 0 unspecified atom stereocenters. The van der Waals surface area contributed by atoms with E-state index in [9.17, 15) is 5.11 Å². The number of phenolic OH excluding ortho intramolecular Hbond substituents is 1. The molecule has 0 amide bonds. The Bertz CT molecular complexity index is 407. The second-order valence-corrected chi connectivity index (χ2v) is 2.25. The summed E-state index contributed by atoms with van der Waals surface area (Å²) in [7, 11) is 1.47. The van der Waals surface area contributed by atoms with Crippen molar-refractivity contribution in [2.24, 2.45) is 0 Å². The number of nitriles is 1. The van der Waals surface area contributed by atoms with Gasteiger partial charge >= 0.3 is 0 Å². The molecule has 13 heavy (non-hydrogen) atoms. The van der Waals surface area contributed by atoms with Crippen LogP contribution in [0.5, 0.6) is 11.5 Å². The molecule has 1 rings (SSSR count). The predicted octanol–water partition coefficient (Wildman–Crippen LogP) is 1.28. The highest BCUT2D eigenvalue weighted by atomic mass is 16.5. The molecule has 1 aromatic rings. The van der Waals surface area contributed by atoms with Crippen LogP contribution in [0.25, 0.3) is 0 Å². The largest absolute Gasteiger partial charge is 0.504 e. The van der Waals surface area contributed by atoms with Crippen molar-refractivity contribution in [2.45, 2.75) is 0 Å². The van der Waals surface area contributed by atoms with E-state index in [0.717, 1.165) is 0 Å². The Kier molecular flexibility index (Phi) is 2.78. The van der Waals surface area contributed by atoms with Gasteiger partial charge in [0.1, 0.15) is 0 Å². The van der Waals surface area contributed by atoms with Gasteiger partial charge in [-0.05, 0) is 18.2 Å². The lowest BCUT2D eigenvalue weighted by Gasteiger charge is -2.01. The summed E-state index contributed by atoms with van der Waals surface area (Å²) in [6.07, 6.45) is 0. The average molecular weight is 173 g/mol. The molecule has 0 fully saturated rings. The maximum Gasteiger partial charge on any atom is 0.160 e. The van der Waals surface area contributed by atoms with E-state index in [0.29, 0.717) is 11.3 Å². The minimum atomic E-state index is 0.0206. The summed E-state index contributed by atoms with van der Waals surface area (Å²) in [6, 6.07) is 6.40. The molecule has 0 aliphatic rings. The summed E-state index contributed by atoms with van der Waals surface area (Å²) in [5.74, 6) is 5.20. The van der Waals surface area contributed by atoms with Gasteiger partial charge in [0, 0.05) is 11.5 Å². The SMILES string of the molecule is COc1ccc(C#CC#N)cc1O. The molecule has 0 spiro atoms. The minimum Gasteiger partial charge on any atom is -0.504 e. The molecule has 3 heteroatoms. The molecule has 0 radical (unpaired) electrons. The lowest BCUT2D eigenvalue weighted by Crippen LogP contribution is -1.83. The molecular weight excluding hydrogens is 166 g/mol. The fourth-order valence-corrected chi connectivity index (χ4v) is 0.868. The van der Waals surface area contributed by atoms with Gasteiger partial charge < -0.3 is 9.84 Å². The third-order valence-corrected chi connectivity index (χ3v) is 1.44. The van der Waals surface area contributed by atoms with E-state index in [1.54, 1.807) is 18.2 Å². The Hall–Kier alpha value is -2.13.